The lowest BCUT2D eigenvalue weighted by molar-refractivity contribution is -0.138. The fourth-order valence-electron chi connectivity index (χ4n) is 2.89. The van der Waals surface area contributed by atoms with Crippen molar-refractivity contribution in [2.45, 2.75) is 64.5 Å². The van der Waals surface area contributed by atoms with Crippen molar-refractivity contribution >= 4 is 15.8 Å². The highest BCUT2D eigenvalue weighted by atomic mass is 32.2. The Morgan fingerprint density at radius 2 is 2.05 bits per heavy atom. The Kier molecular flexibility index (Phi) is 6.95. The van der Waals surface area contributed by atoms with E-state index in [1.54, 1.807) is 0 Å². The van der Waals surface area contributed by atoms with Gasteiger partial charge in [0.15, 0.2) is 9.84 Å². The van der Waals surface area contributed by atoms with Gasteiger partial charge in [-0.25, -0.2) is 8.42 Å². The summed E-state index contributed by atoms with van der Waals surface area (Å²) in [6, 6.07) is -0.112. The van der Waals surface area contributed by atoms with Crippen LogP contribution in [-0.4, -0.2) is 54.5 Å². The van der Waals surface area contributed by atoms with Gasteiger partial charge in [-0.1, -0.05) is 32.6 Å². The van der Waals surface area contributed by atoms with Gasteiger partial charge in [-0.2, -0.15) is 0 Å². The molecule has 1 aliphatic heterocycles. The van der Waals surface area contributed by atoms with Crippen molar-refractivity contribution in [2.75, 3.05) is 18.1 Å². The van der Waals surface area contributed by atoms with Gasteiger partial charge < -0.3 is 5.11 Å². The van der Waals surface area contributed by atoms with Gasteiger partial charge in [0.2, 0.25) is 0 Å². The summed E-state index contributed by atoms with van der Waals surface area (Å²) in [5.41, 5.74) is 0. The van der Waals surface area contributed by atoms with Gasteiger partial charge in [0.25, 0.3) is 0 Å². The topological polar surface area (TPSA) is 74.7 Å². The summed E-state index contributed by atoms with van der Waals surface area (Å²) in [4.78, 5) is 13.0. The quantitative estimate of drug-likeness (QED) is 0.693. The molecule has 2 atom stereocenters. The lowest BCUT2D eigenvalue weighted by Gasteiger charge is -2.39. The van der Waals surface area contributed by atoms with Crippen LogP contribution in [0.4, 0.5) is 0 Å². The van der Waals surface area contributed by atoms with Crippen LogP contribution in [0.1, 0.15) is 52.4 Å². The van der Waals surface area contributed by atoms with Gasteiger partial charge >= 0.3 is 5.97 Å². The fourth-order valence-corrected chi connectivity index (χ4v) is 4.44. The smallest absolute Gasteiger partial charge is 0.304 e. The van der Waals surface area contributed by atoms with Crippen molar-refractivity contribution in [2.24, 2.45) is 0 Å². The molecule has 1 fully saturated rings. The number of nitrogens with zero attached hydrogens (tertiary/aromatic N) is 1. The number of unbranched alkanes of at least 4 members (excludes halogenated alkanes) is 3. The molecule has 2 unspecified atom stereocenters. The predicted molar refractivity (Wildman–Crippen MR) is 79.6 cm³/mol. The second kappa shape index (κ2) is 7.98. The van der Waals surface area contributed by atoms with Gasteiger partial charge in [-0.3, -0.25) is 9.69 Å². The van der Waals surface area contributed by atoms with Crippen LogP contribution in [0.5, 0.6) is 0 Å². The van der Waals surface area contributed by atoms with Crippen molar-refractivity contribution in [1.82, 2.24) is 4.90 Å². The number of rotatable bonds is 8. The Morgan fingerprint density at radius 3 is 2.65 bits per heavy atom. The summed E-state index contributed by atoms with van der Waals surface area (Å²) >= 11 is 0. The summed E-state index contributed by atoms with van der Waals surface area (Å²) < 4.78 is 23.4. The van der Waals surface area contributed by atoms with Crippen LogP contribution in [0.15, 0.2) is 0 Å². The van der Waals surface area contributed by atoms with Crippen LogP contribution in [-0.2, 0) is 14.6 Å². The van der Waals surface area contributed by atoms with Crippen LogP contribution >= 0.6 is 0 Å². The third kappa shape index (κ3) is 5.79. The highest BCUT2D eigenvalue weighted by Gasteiger charge is 2.34. The minimum atomic E-state index is -3.08. The molecule has 1 saturated heterocycles. The van der Waals surface area contributed by atoms with E-state index in [2.05, 4.69) is 18.7 Å². The highest BCUT2D eigenvalue weighted by Crippen LogP contribution is 2.21. The summed E-state index contributed by atoms with van der Waals surface area (Å²) in [6.45, 7) is 4.72. The third-order valence-corrected chi connectivity index (χ3v) is 5.72. The second-order valence-corrected chi connectivity index (χ2v) is 8.03. The monoisotopic (exact) mass is 305 g/mol. The van der Waals surface area contributed by atoms with Crippen LogP contribution in [0.2, 0.25) is 0 Å². The number of aliphatic carboxylic acids is 1. The van der Waals surface area contributed by atoms with E-state index in [0.717, 1.165) is 12.8 Å². The van der Waals surface area contributed by atoms with E-state index >= 15 is 0 Å². The Hall–Kier alpha value is -0.620. The van der Waals surface area contributed by atoms with Crippen LogP contribution in [0.25, 0.3) is 0 Å². The first kappa shape index (κ1) is 17.4. The standard InChI is InChI=1S/C14H27NO4S/c1-3-4-5-6-7-12(2)15-8-9-20(18,19)11-13(15)10-14(16)17/h12-13H,3-11H2,1-2H3,(H,16,17). The summed E-state index contributed by atoms with van der Waals surface area (Å²) in [7, 11) is -3.08. The van der Waals surface area contributed by atoms with E-state index < -0.39 is 15.8 Å². The number of carbonyl (C=O) groups is 1. The second-order valence-electron chi connectivity index (χ2n) is 5.80. The van der Waals surface area contributed by atoms with E-state index in [9.17, 15) is 13.2 Å². The normalized spacial score (nSPS) is 24.4. The number of carboxylic acids is 1. The third-order valence-electron chi connectivity index (χ3n) is 4.03. The Bertz CT molecular complexity index is 407. The lowest BCUT2D eigenvalue weighted by Crippen LogP contribution is -2.52. The van der Waals surface area contributed by atoms with Crippen LogP contribution < -0.4 is 0 Å². The first-order valence-electron chi connectivity index (χ1n) is 7.53. The maximum atomic E-state index is 11.7. The molecule has 5 nitrogen and oxygen atoms in total. The van der Waals surface area contributed by atoms with Gasteiger partial charge in [0.05, 0.1) is 17.9 Å². The molecular weight excluding hydrogens is 278 g/mol. The number of hydrogen-bond donors (Lipinski definition) is 1. The first-order chi connectivity index (χ1) is 9.35. The molecule has 0 aliphatic carbocycles. The molecule has 0 amide bonds. The fraction of sp³-hybridized carbons (Fsp3) is 0.929. The van der Waals surface area contributed by atoms with Crippen LogP contribution in [0, 0.1) is 0 Å². The molecule has 20 heavy (non-hydrogen) atoms. The molecule has 1 N–H and O–H groups in total. The van der Waals surface area contributed by atoms with Gasteiger partial charge in [0, 0.05) is 18.6 Å². The number of carboxylic acid groups (broad SMARTS) is 1. The molecule has 1 rings (SSSR count). The minimum absolute atomic E-state index is 0.0153. The molecule has 0 aromatic rings. The van der Waals surface area contributed by atoms with Crippen molar-refractivity contribution in [3.05, 3.63) is 0 Å². The van der Waals surface area contributed by atoms with Gasteiger partial charge in [0.1, 0.15) is 0 Å². The molecule has 0 saturated carbocycles. The van der Waals surface area contributed by atoms with E-state index in [0.29, 0.717) is 6.54 Å². The van der Waals surface area contributed by atoms with E-state index in [1.165, 1.54) is 19.3 Å². The summed E-state index contributed by atoms with van der Waals surface area (Å²) in [5, 5.41) is 8.96. The van der Waals surface area contributed by atoms with Crippen molar-refractivity contribution in [3.63, 3.8) is 0 Å². The lowest BCUT2D eigenvalue weighted by atomic mass is 10.0. The molecule has 0 bridgehead atoms. The van der Waals surface area contributed by atoms with Crippen molar-refractivity contribution in [1.29, 1.82) is 0 Å². The maximum Gasteiger partial charge on any atom is 0.304 e. The summed E-state index contributed by atoms with van der Waals surface area (Å²) in [5.74, 6) is -0.781. The van der Waals surface area contributed by atoms with Gasteiger partial charge in [-0.05, 0) is 13.3 Å². The van der Waals surface area contributed by atoms with Crippen molar-refractivity contribution < 1.29 is 18.3 Å². The molecular formula is C14H27NO4S. The molecule has 1 heterocycles. The molecule has 0 spiro atoms. The summed E-state index contributed by atoms with van der Waals surface area (Å²) in [6.07, 6.45) is 5.65. The molecule has 6 heteroatoms. The predicted octanol–water partition coefficient (Wildman–Crippen LogP) is 1.92. The first-order valence-corrected chi connectivity index (χ1v) is 9.36. The molecule has 0 aromatic heterocycles. The van der Waals surface area contributed by atoms with E-state index in [4.69, 9.17) is 5.11 Å². The zero-order valence-corrected chi connectivity index (χ0v) is 13.4. The average Bonchev–Trinajstić information content (AvgIpc) is 2.32. The average molecular weight is 305 g/mol. The Labute approximate surface area is 122 Å². The minimum Gasteiger partial charge on any atom is -0.481 e. The van der Waals surface area contributed by atoms with Crippen LogP contribution in [0.3, 0.4) is 0 Å². The molecule has 0 radical (unpaired) electrons. The molecule has 1 aliphatic rings. The Morgan fingerprint density at radius 1 is 1.35 bits per heavy atom. The highest BCUT2D eigenvalue weighted by molar-refractivity contribution is 7.91. The number of sulfone groups is 1. The zero-order chi connectivity index (χ0) is 15.2. The molecule has 118 valence electrons. The van der Waals surface area contributed by atoms with Crippen molar-refractivity contribution in [3.8, 4) is 0 Å². The molecule has 0 aromatic carbocycles. The number of hydrogen-bond acceptors (Lipinski definition) is 4. The van der Waals surface area contributed by atoms with Gasteiger partial charge in [-0.15, -0.1) is 0 Å². The SMILES string of the molecule is CCCCCCC(C)N1CCS(=O)(=O)CC1CC(=O)O. The maximum absolute atomic E-state index is 11.7. The van der Waals surface area contributed by atoms with E-state index in [1.807, 2.05) is 0 Å². The van der Waals surface area contributed by atoms with E-state index in [-0.39, 0.29) is 30.0 Å². The largest absolute Gasteiger partial charge is 0.481 e. The Balaban J connectivity index is 2.57. The zero-order valence-electron chi connectivity index (χ0n) is 12.5.